The van der Waals surface area contributed by atoms with Gasteiger partial charge in [0.25, 0.3) is 0 Å². The fourth-order valence-corrected chi connectivity index (χ4v) is 20.4. The first-order valence-electron chi connectivity index (χ1n) is 37.6. The highest BCUT2D eigenvalue weighted by Gasteiger charge is 2.26. The monoisotopic (exact) mass is 1420 g/mol. The molecule has 0 radical (unpaired) electrons. The molecule has 6 heterocycles. The van der Waals surface area contributed by atoms with E-state index in [1.54, 1.807) is 0 Å². The molecule has 22 rings (SSSR count). The molecule has 0 aliphatic heterocycles. The first kappa shape index (κ1) is 62.8. The standard InChI is InChI=1S/C102H72N4S2/c1-101(2,3)68-40-53-92-85(58-68)86-59-69(102(4,5)6)41-54-93(86)104(92)71-44-33-62(34-45-71)64-37-48-73(49-38-64)106-90-28-16-11-23-77(90)87-60-83(96-81-25-13-18-30-95(81)108-100(96)98(87)106)67-55-65-19-7-8-20-74(65)82(57-67)66-39-52-91-84(56-66)76-22-10-14-26-88(76)103(91)70-42-31-61(32-43-70)63-35-46-72(47-36-63)105-89-27-15-9-21-75(89)79-50-51-80-78-24-12-17-29-94(78)107-99(80)97(79)105/h7-60H,1-6H3. The number of nitrogens with zero attached hydrogens (tertiary/aromatic N) is 4. The van der Waals surface area contributed by atoms with Crippen molar-refractivity contribution in [3.8, 4) is 67.3 Å². The third kappa shape index (κ3) is 9.53. The number of fused-ring (bicyclic) bond motifs is 21. The van der Waals surface area contributed by atoms with E-state index in [0.29, 0.717) is 0 Å². The molecule has 0 unspecified atom stereocenters. The number of aromatic nitrogens is 4. The summed E-state index contributed by atoms with van der Waals surface area (Å²) >= 11 is 3.80. The highest BCUT2D eigenvalue weighted by Crippen LogP contribution is 2.51. The van der Waals surface area contributed by atoms with Crippen molar-refractivity contribution in [3.63, 3.8) is 0 Å². The van der Waals surface area contributed by atoms with E-state index in [0.717, 1.165) is 22.7 Å². The van der Waals surface area contributed by atoms with Gasteiger partial charge in [0.1, 0.15) is 0 Å². The maximum Gasteiger partial charge on any atom is 0.0720 e. The van der Waals surface area contributed by atoms with Gasteiger partial charge in [-0.15, -0.1) is 22.7 Å². The number of thiophene rings is 2. The lowest BCUT2D eigenvalue weighted by atomic mass is 9.85. The molecule has 0 bridgehead atoms. The van der Waals surface area contributed by atoms with Gasteiger partial charge in [0.2, 0.25) is 0 Å². The van der Waals surface area contributed by atoms with Crippen LogP contribution in [0.1, 0.15) is 52.7 Å². The first-order chi connectivity index (χ1) is 52.8. The molecule has 0 aliphatic rings. The van der Waals surface area contributed by atoms with Crippen molar-refractivity contribution in [2.45, 2.75) is 52.4 Å². The first-order valence-corrected chi connectivity index (χ1v) is 39.2. The zero-order valence-corrected chi connectivity index (χ0v) is 62.4. The van der Waals surface area contributed by atoms with Crippen molar-refractivity contribution in [2.24, 2.45) is 0 Å². The van der Waals surface area contributed by atoms with Crippen LogP contribution in [0.15, 0.2) is 328 Å². The Morgan fingerprint density at radius 1 is 0.222 bits per heavy atom. The minimum absolute atomic E-state index is 0.0383. The Bertz CT molecular complexity index is 7450. The van der Waals surface area contributed by atoms with Gasteiger partial charge in [-0.25, -0.2) is 0 Å². The van der Waals surface area contributed by atoms with Crippen LogP contribution in [0.25, 0.3) is 206 Å². The van der Waals surface area contributed by atoms with Crippen LogP contribution in [0.4, 0.5) is 0 Å². The van der Waals surface area contributed by atoms with Crippen molar-refractivity contribution >= 4 is 161 Å². The molecule has 0 fully saturated rings. The van der Waals surface area contributed by atoms with Crippen LogP contribution < -0.4 is 0 Å². The fraction of sp³-hybridized carbons (Fsp3) is 0.0784. The van der Waals surface area contributed by atoms with Gasteiger partial charge in [0.15, 0.2) is 0 Å². The molecule has 0 N–H and O–H groups in total. The summed E-state index contributed by atoms with van der Waals surface area (Å²) in [6.45, 7) is 13.8. The maximum absolute atomic E-state index is 2.53. The van der Waals surface area contributed by atoms with E-state index in [4.69, 9.17) is 0 Å². The second-order valence-electron chi connectivity index (χ2n) is 31.6. The summed E-state index contributed by atoms with van der Waals surface area (Å²) in [5.41, 5.74) is 26.6. The highest BCUT2D eigenvalue weighted by atomic mass is 32.1. The van der Waals surface area contributed by atoms with Crippen LogP contribution in [-0.2, 0) is 10.8 Å². The molecule has 0 amide bonds. The molecular weight excluding hydrogens is 1350 g/mol. The summed E-state index contributed by atoms with van der Waals surface area (Å²) in [6.07, 6.45) is 0. The van der Waals surface area contributed by atoms with E-state index in [9.17, 15) is 0 Å². The van der Waals surface area contributed by atoms with Crippen LogP contribution in [-0.4, -0.2) is 18.3 Å². The molecule has 0 spiro atoms. The van der Waals surface area contributed by atoms with Crippen LogP contribution in [0.5, 0.6) is 0 Å². The molecule has 0 atom stereocenters. The summed E-state index contributed by atoms with van der Waals surface area (Å²) in [4.78, 5) is 0. The topological polar surface area (TPSA) is 19.7 Å². The van der Waals surface area contributed by atoms with Crippen molar-refractivity contribution in [3.05, 3.63) is 339 Å². The van der Waals surface area contributed by atoms with Gasteiger partial charge in [-0.3, -0.25) is 0 Å². The van der Waals surface area contributed by atoms with E-state index >= 15 is 0 Å². The Kier molecular flexibility index (Phi) is 13.6. The van der Waals surface area contributed by atoms with Crippen molar-refractivity contribution < 1.29 is 0 Å². The van der Waals surface area contributed by atoms with E-state index < -0.39 is 0 Å². The molecule has 512 valence electrons. The number of benzene rings is 16. The zero-order chi connectivity index (χ0) is 72.0. The average molecular weight is 1420 g/mol. The largest absolute Gasteiger partial charge is 0.309 e. The molecule has 0 saturated carbocycles. The predicted octanol–water partition coefficient (Wildman–Crippen LogP) is 29.2. The van der Waals surface area contributed by atoms with Gasteiger partial charge >= 0.3 is 0 Å². The molecule has 108 heavy (non-hydrogen) atoms. The van der Waals surface area contributed by atoms with Crippen LogP contribution in [0.3, 0.4) is 0 Å². The second kappa shape index (κ2) is 23.5. The van der Waals surface area contributed by atoms with Crippen LogP contribution in [0.2, 0.25) is 0 Å². The van der Waals surface area contributed by atoms with Gasteiger partial charge in [0, 0.05) is 96.8 Å². The lowest BCUT2D eigenvalue weighted by Crippen LogP contribution is -2.10. The predicted molar refractivity (Wildman–Crippen MR) is 466 cm³/mol. The number of rotatable bonds is 8. The van der Waals surface area contributed by atoms with Gasteiger partial charge in [0.05, 0.1) is 53.5 Å². The van der Waals surface area contributed by atoms with Crippen molar-refractivity contribution in [1.82, 2.24) is 18.3 Å². The van der Waals surface area contributed by atoms with Gasteiger partial charge < -0.3 is 18.3 Å². The summed E-state index contributed by atoms with van der Waals surface area (Å²) in [5.74, 6) is 0. The Hall–Kier alpha value is -12.6. The minimum Gasteiger partial charge on any atom is -0.309 e. The number of hydrogen-bond acceptors (Lipinski definition) is 2. The van der Waals surface area contributed by atoms with E-state index in [1.807, 2.05) is 22.7 Å². The molecule has 0 aliphatic carbocycles. The van der Waals surface area contributed by atoms with Gasteiger partial charge in [-0.05, 0) is 211 Å². The number of hydrogen-bond donors (Lipinski definition) is 0. The molecular formula is C102H72N4S2. The fourth-order valence-electron chi connectivity index (χ4n) is 17.9. The SMILES string of the molecule is CC(C)(C)c1ccc2c(c1)c1cc(C(C)(C)C)ccc1n2-c1ccc(-c2ccc(-n3c4ccccc4c4cc(-c5cc(-c6ccc7c(c6)c6ccccc6n7-c6ccc(-c7ccc(-n8c9ccccc9c9ccc%10c%11ccccc%11sc%10c98)cc7)cc6)c6ccccc6c5)c5c6ccccc6sc5c43)cc2)cc1. The Morgan fingerprint density at radius 3 is 1.14 bits per heavy atom. The van der Waals surface area contributed by atoms with Gasteiger partial charge in [-0.2, -0.15) is 0 Å². The Morgan fingerprint density at radius 2 is 0.602 bits per heavy atom. The smallest absolute Gasteiger partial charge is 0.0720 e. The van der Waals surface area contributed by atoms with Crippen LogP contribution in [0, 0.1) is 0 Å². The van der Waals surface area contributed by atoms with Crippen molar-refractivity contribution in [2.75, 3.05) is 0 Å². The van der Waals surface area contributed by atoms with E-state index in [2.05, 4.69) is 387 Å². The van der Waals surface area contributed by atoms with Crippen molar-refractivity contribution in [1.29, 1.82) is 0 Å². The van der Waals surface area contributed by atoms with Gasteiger partial charge in [-0.1, -0.05) is 236 Å². The zero-order valence-electron chi connectivity index (χ0n) is 60.8. The molecule has 4 nitrogen and oxygen atoms in total. The Balaban J connectivity index is 0.618. The highest BCUT2D eigenvalue weighted by molar-refractivity contribution is 7.27. The molecule has 6 aromatic heterocycles. The maximum atomic E-state index is 2.53. The third-order valence-corrected chi connectivity index (χ3v) is 25.7. The molecule has 22 aromatic rings. The summed E-state index contributed by atoms with van der Waals surface area (Å²) < 4.78 is 15.1. The number of para-hydroxylation sites is 3. The lowest BCUT2D eigenvalue weighted by molar-refractivity contribution is 0.590. The average Bonchev–Trinajstić information content (AvgIpc) is 1.55. The third-order valence-electron chi connectivity index (χ3n) is 23.3. The second-order valence-corrected chi connectivity index (χ2v) is 33.7. The summed E-state index contributed by atoms with van der Waals surface area (Å²) in [6, 6.07) is 124. The Labute approximate surface area is 633 Å². The quantitative estimate of drug-likeness (QED) is 0.144. The molecule has 6 heteroatoms. The molecule has 16 aromatic carbocycles. The minimum atomic E-state index is 0.0383. The summed E-state index contributed by atoms with van der Waals surface area (Å²) in [7, 11) is 0. The summed E-state index contributed by atoms with van der Waals surface area (Å²) in [5, 5.41) is 17.7. The van der Waals surface area contributed by atoms with E-state index in [1.165, 1.54) is 194 Å². The van der Waals surface area contributed by atoms with E-state index in [-0.39, 0.29) is 10.8 Å². The normalized spacial score (nSPS) is 12.5. The van der Waals surface area contributed by atoms with Crippen LogP contribution >= 0.6 is 22.7 Å². The molecule has 0 saturated heterocycles. The lowest BCUT2D eigenvalue weighted by Gasteiger charge is -2.19.